The molecule has 2 aromatic rings. The molecule has 2 aliphatic rings. The highest BCUT2D eigenvalue weighted by atomic mass is 19.3. The molecule has 1 amide bonds. The number of amides is 1. The van der Waals surface area contributed by atoms with Crippen molar-refractivity contribution in [2.24, 2.45) is 0 Å². The maximum atomic E-state index is 12.6. The van der Waals surface area contributed by atoms with E-state index in [1.165, 1.54) is 6.07 Å². The highest BCUT2D eigenvalue weighted by Gasteiger charge is 2.30. The van der Waals surface area contributed by atoms with E-state index in [0.29, 0.717) is 18.7 Å². The fourth-order valence-corrected chi connectivity index (χ4v) is 3.64. The Morgan fingerprint density at radius 3 is 2.70 bits per heavy atom. The molecule has 2 aromatic carbocycles. The summed E-state index contributed by atoms with van der Waals surface area (Å²) in [5.41, 5.74) is 8.54. The van der Waals surface area contributed by atoms with E-state index in [9.17, 15) is 13.6 Å². The number of anilines is 1. The first-order valence-corrected chi connectivity index (χ1v) is 9.87. The number of benzene rings is 2. The Bertz CT molecular complexity index is 860. The summed E-state index contributed by atoms with van der Waals surface area (Å²) < 4.78 is 35.0. The van der Waals surface area contributed by atoms with Crippen LogP contribution in [-0.2, 0) is 9.53 Å². The summed E-state index contributed by atoms with van der Waals surface area (Å²) in [5, 5.41) is 6.19. The average molecular weight is 418 g/mol. The second-order valence-corrected chi connectivity index (χ2v) is 7.26. The Kier molecular flexibility index (Phi) is 6.53. The Labute approximate surface area is 173 Å². The number of morpholine rings is 1. The van der Waals surface area contributed by atoms with Gasteiger partial charge >= 0.3 is 6.61 Å². The Morgan fingerprint density at radius 1 is 1.13 bits per heavy atom. The minimum Gasteiger partial charge on any atom is -0.435 e. The zero-order valence-electron chi connectivity index (χ0n) is 16.2. The number of carbonyl (C=O) groups excluding carboxylic acids is 1. The first-order valence-electron chi connectivity index (χ1n) is 9.87. The maximum Gasteiger partial charge on any atom is 0.387 e. The molecule has 9 heteroatoms. The molecule has 2 aliphatic heterocycles. The minimum atomic E-state index is -2.87. The van der Waals surface area contributed by atoms with Crippen LogP contribution in [0.1, 0.15) is 29.7 Å². The van der Waals surface area contributed by atoms with Gasteiger partial charge in [-0.2, -0.15) is 8.78 Å². The van der Waals surface area contributed by atoms with Gasteiger partial charge in [-0.25, -0.2) is 10.9 Å². The van der Waals surface area contributed by atoms with Gasteiger partial charge in [-0.05, 0) is 41.8 Å². The number of nitrogens with one attached hydrogen (secondary N) is 4. The summed E-state index contributed by atoms with van der Waals surface area (Å²) in [7, 11) is 0. The van der Waals surface area contributed by atoms with Crippen LogP contribution in [-0.4, -0.2) is 38.3 Å². The highest BCUT2D eigenvalue weighted by molar-refractivity contribution is 5.95. The monoisotopic (exact) mass is 418 g/mol. The molecular formula is C21H24F2N4O3. The topological polar surface area (TPSA) is 83.7 Å². The molecule has 0 radical (unpaired) electrons. The molecular weight excluding hydrogens is 394 g/mol. The van der Waals surface area contributed by atoms with E-state index in [2.05, 4.69) is 26.2 Å². The van der Waals surface area contributed by atoms with Crippen LogP contribution >= 0.6 is 0 Å². The van der Waals surface area contributed by atoms with Crippen LogP contribution in [0.15, 0.2) is 48.5 Å². The van der Waals surface area contributed by atoms with Crippen LogP contribution in [0.4, 0.5) is 14.5 Å². The van der Waals surface area contributed by atoms with Gasteiger partial charge in [0.1, 0.15) is 11.8 Å². The van der Waals surface area contributed by atoms with Crippen LogP contribution in [0.2, 0.25) is 0 Å². The number of hydrogen-bond acceptors (Lipinski definition) is 6. The molecule has 0 bridgehead atoms. The first-order chi connectivity index (χ1) is 14.6. The smallest absolute Gasteiger partial charge is 0.387 e. The predicted octanol–water partition coefficient (Wildman–Crippen LogP) is 2.50. The molecule has 2 unspecified atom stereocenters. The second kappa shape index (κ2) is 9.48. The summed E-state index contributed by atoms with van der Waals surface area (Å²) in [4.78, 5) is 12.6. The largest absolute Gasteiger partial charge is 0.435 e. The van der Waals surface area contributed by atoms with Crippen molar-refractivity contribution in [1.29, 1.82) is 0 Å². The van der Waals surface area contributed by atoms with Crippen molar-refractivity contribution in [3.8, 4) is 5.75 Å². The van der Waals surface area contributed by atoms with Gasteiger partial charge in [0.15, 0.2) is 0 Å². The highest BCUT2D eigenvalue weighted by Crippen LogP contribution is 2.27. The lowest BCUT2D eigenvalue weighted by Gasteiger charge is -2.24. The third kappa shape index (κ3) is 5.11. The van der Waals surface area contributed by atoms with E-state index in [1.54, 1.807) is 18.2 Å². The lowest BCUT2D eigenvalue weighted by molar-refractivity contribution is -0.117. The van der Waals surface area contributed by atoms with Gasteiger partial charge in [0.05, 0.1) is 12.7 Å². The molecule has 0 aromatic heterocycles. The SMILES string of the molecule is O=C(Nc1ccc([C@H]2CNCCO2)cc1)C1CC(c2cccc(OC(F)F)c2)NN1. The molecule has 2 fully saturated rings. The molecule has 0 spiro atoms. The number of hydrazine groups is 1. The minimum absolute atomic E-state index is 0.0229. The summed E-state index contributed by atoms with van der Waals surface area (Å²) in [5.74, 6) is -0.0808. The normalized spacial score (nSPS) is 24.0. The molecule has 0 aliphatic carbocycles. The summed E-state index contributed by atoms with van der Waals surface area (Å²) >= 11 is 0. The summed E-state index contributed by atoms with van der Waals surface area (Å²) in [6.07, 6.45) is 0.499. The molecule has 3 atom stereocenters. The van der Waals surface area contributed by atoms with E-state index in [4.69, 9.17) is 4.74 Å². The lowest BCUT2D eigenvalue weighted by Crippen LogP contribution is -2.39. The number of carbonyl (C=O) groups is 1. The Hall–Kier alpha value is -2.59. The van der Waals surface area contributed by atoms with Crippen LogP contribution < -0.4 is 26.2 Å². The van der Waals surface area contributed by atoms with E-state index < -0.39 is 12.7 Å². The second-order valence-electron chi connectivity index (χ2n) is 7.26. The van der Waals surface area contributed by atoms with E-state index in [0.717, 1.165) is 24.2 Å². The van der Waals surface area contributed by atoms with Crippen LogP contribution in [0, 0.1) is 0 Å². The summed E-state index contributed by atoms with van der Waals surface area (Å²) in [6, 6.07) is 13.4. The number of alkyl halides is 2. The number of hydrogen-bond donors (Lipinski definition) is 4. The molecule has 2 heterocycles. The lowest BCUT2D eigenvalue weighted by atomic mass is 10.0. The molecule has 0 saturated carbocycles. The summed E-state index contributed by atoms with van der Waals surface area (Å²) in [6.45, 7) is -0.561. The van der Waals surface area contributed by atoms with Crippen molar-refractivity contribution >= 4 is 11.6 Å². The van der Waals surface area contributed by atoms with E-state index in [-0.39, 0.29) is 23.8 Å². The molecule has 160 valence electrons. The van der Waals surface area contributed by atoms with Crippen molar-refractivity contribution in [2.75, 3.05) is 25.0 Å². The third-order valence-corrected chi connectivity index (χ3v) is 5.18. The van der Waals surface area contributed by atoms with E-state index in [1.807, 2.05) is 24.3 Å². The maximum absolute atomic E-state index is 12.6. The van der Waals surface area contributed by atoms with Gasteiger partial charge in [0.25, 0.3) is 0 Å². The van der Waals surface area contributed by atoms with E-state index >= 15 is 0 Å². The Balaban J connectivity index is 1.32. The number of ether oxygens (including phenoxy) is 2. The fraction of sp³-hybridized carbons (Fsp3) is 0.381. The fourth-order valence-electron chi connectivity index (χ4n) is 3.64. The third-order valence-electron chi connectivity index (χ3n) is 5.18. The van der Waals surface area contributed by atoms with Crippen LogP contribution in [0.25, 0.3) is 0 Å². The molecule has 2 saturated heterocycles. The van der Waals surface area contributed by atoms with Crippen LogP contribution in [0.5, 0.6) is 5.75 Å². The van der Waals surface area contributed by atoms with Crippen molar-refractivity contribution in [3.63, 3.8) is 0 Å². The first kappa shape index (κ1) is 20.7. The number of rotatable bonds is 6. The van der Waals surface area contributed by atoms with Crippen molar-refractivity contribution in [2.45, 2.75) is 31.2 Å². The van der Waals surface area contributed by atoms with Gasteiger partial charge in [0.2, 0.25) is 5.91 Å². The zero-order valence-corrected chi connectivity index (χ0v) is 16.2. The molecule has 4 rings (SSSR count). The van der Waals surface area contributed by atoms with Crippen LogP contribution in [0.3, 0.4) is 0 Å². The molecule has 4 N–H and O–H groups in total. The van der Waals surface area contributed by atoms with Gasteiger partial charge in [-0.1, -0.05) is 24.3 Å². The Morgan fingerprint density at radius 2 is 1.97 bits per heavy atom. The zero-order chi connectivity index (χ0) is 20.9. The van der Waals surface area contributed by atoms with Gasteiger partial charge < -0.3 is 20.1 Å². The predicted molar refractivity (Wildman–Crippen MR) is 107 cm³/mol. The standard InChI is InChI=1S/C21H24F2N4O3/c22-21(23)30-16-3-1-2-14(10-16)17-11-18(27-26-17)20(28)25-15-6-4-13(5-7-15)19-12-24-8-9-29-19/h1-7,10,17-19,21,24,26-27H,8-9,11-12H2,(H,25,28)/t17?,18?,19-/m1/s1. The van der Waals surface area contributed by atoms with Crippen molar-refractivity contribution in [1.82, 2.24) is 16.2 Å². The van der Waals surface area contributed by atoms with Crippen molar-refractivity contribution < 1.29 is 23.0 Å². The van der Waals surface area contributed by atoms with Gasteiger partial charge in [-0.3, -0.25) is 4.79 Å². The quantitative estimate of drug-likeness (QED) is 0.577. The van der Waals surface area contributed by atoms with Gasteiger partial charge in [0, 0.05) is 24.8 Å². The molecule has 30 heavy (non-hydrogen) atoms. The van der Waals surface area contributed by atoms with Crippen molar-refractivity contribution in [3.05, 3.63) is 59.7 Å². The average Bonchev–Trinajstić information content (AvgIpc) is 3.25. The number of halogens is 2. The molecule has 7 nitrogen and oxygen atoms in total. The van der Waals surface area contributed by atoms with Gasteiger partial charge in [-0.15, -0.1) is 0 Å².